The predicted octanol–water partition coefficient (Wildman–Crippen LogP) is 3.15. The summed E-state index contributed by atoms with van der Waals surface area (Å²) in [6.07, 6.45) is 0. The summed E-state index contributed by atoms with van der Waals surface area (Å²) in [4.78, 5) is 24.8. The maximum Gasteiger partial charge on any atom is 0.258 e. The molecule has 1 unspecified atom stereocenters. The van der Waals surface area contributed by atoms with E-state index in [2.05, 4.69) is 16.0 Å². The molecule has 0 aliphatic carbocycles. The van der Waals surface area contributed by atoms with Gasteiger partial charge in [0.15, 0.2) is 0 Å². The van der Waals surface area contributed by atoms with Crippen molar-refractivity contribution in [3.8, 4) is 0 Å². The van der Waals surface area contributed by atoms with Crippen molar-refractivity contribution in [2.45, 2.75) is 19.9 Å². The molecule has 26 heavy (non-hydrogen) atoms. The van der Waals surface area contributed by atoms with E-state index >= 15 is 0 Å². The smallest absolute Gasteiger partial charge is 0.258 e. The van der Waals surface area contributed by atoms with Gasteiger partial charge in [-0.05, 0) is 44.7 Å². The molecule has 2 amide bonds. The molecule has 0 radical (unpaired) electrons. The van der Waals surface area contributed by atoms with Crippen LogP contribution in [-0.2, 0) is 0 Å². The van der Waals surface area contributed by atoms with E-state index in [9.17, 15) is 14.0 Å². The van der Waals surface area contributed by atoms with Crippen LogP contribution in [0.1, 0.15) is 33.2 Å². The van der Waals surface area contributed by atoms with Crippen molar-refractivity contribution in [1.82, 2.24) is 10.6 Å². The molecule has 0 fully saturated rings. The van der Waals surface area contributed by atoms with Crippen molar-refractivity contribution < 1.29 is 14.0 Å². The number of benzene rings is 2. The zero-order valence-corrected chi connectivity index (χ0v) is 15.7. The zero-order chi connectivity index (χ0) is 18.4. The fraction of sp³-hybridized carbons (Fsp3) is 0.263. The van der Waals surface area contributed by atoms with Gasteiger partial charge in [-0.3, -0.25) is 9.59 Å². The van der Waals surface area contributed by atoms with Gasteiger partial charge in [-0.1, -0.05) is 24.3 Å². The Kier molecular flexibility index (Phi) is 8.22. The number of rotatable bonds is 6. The Hall–Kier alpha value is -2.44. The molecule has 0 aliphatic heterocycles. The number of hydrogen-bond donors (Lipinski definition) is 3. The second-order valence-electron chi connectivity index (χ2n) is 5.83. The van der Waals surface area contributed by atoms with E-state index < -0.39 is 11.7 Å². The molecule has 140 valence electrons. The summed E-state index contributed by atoms with van der Waals surface area (Å²) >= 11 is 0. The molecule has 0 aliphatic rings. The Bertz CT molecular complexity index is 783. The summed E-state index contributed by atoms with van der Waals surface area (Å²) in [5.41, 5.74) is 1.37. The Morgan fingerprint density at radius 2 is 1.69 bits per heavy atom. The Labute approximate surface area is 158 Å². The normalized spacial score (nSPS) is 11.2. The van der Waals surface area contributed by atoms with Crippen LogP contribution in [0.4, 0.5) is 10.1 Å². The van der Waals surface area contributed by atoms with Gasteiger partial charge in [0.1, 0.15) is 5.82 Å². The molecule has 2 aromatic carbocycles. The average molecular weight is 380 g/mol. The highest BCUT2D eigenvalue weighted by Gasteiger charge is 2.18. The van der Waals surface area contributed by atoms with E-state index in [1.165, 1.54) is 18.2 Å². The monoisotopic (exact) mass is 379 g/mol. The van der Waals surface area contributed by atoms with Gasteiger partial charge < -0.3 is 16.0 Å². The fourth-order valence-corrected chi connectivity index (χ4v) is 2.29. The summed E-state index contributed by atoms with van der Waals surface area (Å²) in [5.74, 6) is -1.50. The number of nitrogens with one attached hydrogen (secondary N) is 3. The number of carbonyl (C=O) groups excluding carboxylic acids is 2. The molecule has 0 aromatic heterocycles. The van der Waals surface area contributed by atoms with Crippen molar-refractivity contribution in [2.24, 2.45) is 0 Å². The molecule has 0 saturated heterocycles. The van der Waals surface area contributed by atoms with E-state index in [4.69, 9.17) is 0 Å². The van der Waals surface area contributed by atoms with Crippen molar-refractivity contribution >= 4 is 29.9 Å². The number of halogens is 2. The van der Waals surface area contributed by atoms with Gasteiger partial charge in [-0.25, -0.2) is 4.39 Å². The fourth-order valence-electron chi connectivity index (χ4n) is 2.29. The van der Waals surface area contributed by atoms with E-state index in [1.54, 1.807) is 31.2 Å². The van der Waals surface area contributed by atoms with Crippen LogP contribution < -0.4 is 16.0 Å². The number of likely N-dealkylation sites (N-methyl/N-ethyl adjacent to an activating group) is 1. The number of amides is 2. The highest BCUT2D eigenvalue weighted by Crippen LogP contribution is 2.22. The van der Waals surface area contributed by atoms with Crippen LogP contribution in [0.2, 0.25) is 0 Å². The molecular weight excluding hydrogens is 357 g/mol. The Balaban J connectivity index is 0.00000338. The van der Waals surface area contributed by atoms with Crippen LogP contribution in [0.15, 0.2) is 42.5 Å². The molecule has 3 N–H and O–H groups in total. The standard InChI is InChI=1S/C19H22FN3O2.ClH/c1-12-7-6-9-15(18(24)22-11-13(2)21-3)17(12)23-19(25)14-8-4-5-10-16(14)20;/h4-10,13,21H,11H2,1-3H3,(H,22,24)(H,23,25);1H. The third kappa shape index (κ3) is 5.28. The first-order valence-corrected chi connectivity index (χ1v) is 8.05. The summed E-state index contributed by atoms with van der Waals surface area (Å²) in [5, 5.41) is 8.51. The second kappa shape index (κ2) is 9.89. The highest BCUT2D eigenvalue weighted by molar-refractivity contribution is 6.09. The van der Waals surface area contributed by atoms with Crippen LogP contribution in [0.3, 0.4) is 0 Å². The first-order chi connectivity index (χ1) is 11.9. The minimum atomic E-state index is -0.609. The van der Waals surface area contributed by atoms with Crippen LogP contribution >= 0.6 is 12.4 Å². The number of carbonyl (C=O) groups is 2. The molecular formula is C19H23ClFN3O2. The molecule has 1 atom stereocenters. The first kappa shape index (κ1) is 21.6. The summed E-state index contributed by atoms with van der Waals surface area (Å²) in [7, 11) is 1.81. The third-order valence-electron chi connectivity index (χ3n) is 3.94. The number of para-hydroxylation sites is 1. The lowest BCUT2D eigenvalue weighted by atomic mass is 10.1. The minimum Gasteiger partial charge on any atom is -0.350 e. The maximum absolute atomic E-state index is 13.8. The van der Waals surface area contributed by atoms with Crippen LogP contribution in [0.25, 0.3) is 0 Å². The summed E-state index contributed by atoms with van der Waals surface area (Å²) in [6.45, 7) is 4.17. The molecule has 2 aromatic rings. The van der Waals surface area contributed by atoms with Gasteiger partial charge in [0.2, 0.25) is 0 Å². The van der Waals surface area contributed by atoms with Gasteiger partial charge in [0.25, 0.3) is 11.8 Å². The first-order valence-electron chi connectivity index (χ1n) is 8.05. The summed E-state index contributed by atoms with van der Waals surface area (Å²) in [6, 6.07) is 11.0. The van der Waals surface area contributed by atoms with Crippen molar-refractivity contribution in [1.29, 1.82) is 0 Å². The number of hydrogen-bond acceptors (Lipinski definition) is 3. The Morgan fingerprint density at radius 1 is 1.04 bits per heavy atom. The summed E-state index contributed by atoms with van der Waals surface area (Å²) < 4.78 is 13.8. The number of aryl methyl sites for hydroxylation is 1. The van der Waals surface area contributed by atoms with Gasteiger partial charge in [0.05, 0.1) is 16.8 Å². The largest absolute Gasteiger partial charge is 0.350 e. The van der Waals surface area contributed by atoms with E-state index in [0.29, 0.717) is 17.8 Å². The molecule has 7 heteroatoms. The average Bonchev–Trinajstić information content (AvgIpc) is 2.61. The number of anilines is 1. The lowest BCUT2D eigenvalue weighted by Crippen LogP contribution is -2.37. The van der Waals surface area contributed by atoms with Crippen LogP contribution in [0.5, 0.6) is 0 Å². The van der Waals surface area contributed by atoms with Gasteiger partial charge in [-0.15, -0.1) is 12.4 Å². The molecule has 0 bridgehead atoms. The lowest BCUT2D eigenvalue weighted by molar-refractivity contribution is 0.0951. The minimum absolute atomic E-state index is 0. The second-order valence-corrected chi connectivity index (χ2v) is 5.83. The lowest BCUT2D eigenvalue weighted by Gasteiger charge is -2.16. The predicted molar refractivity (Wildman–Crippen MR) is 104 cm³/mol. The van der Waals surface area contributed by atoms with Gasteiger partial charge in [-0.2, -0.15) is 0 Å². The molecule has 0 spiro atoms. The Morgan fingerprint density at radius 3 is 2.35 bits per heavy atom. The maximum atomic E-state index is 13.8. The highest BCUT2D eigenvalue weighted by atomic mass is 35.5. The molecule has 0 heterocycles. The SMILES string of the molecule is CNC(C)CNC(=O)c1cccc(C)c1NC(=O)c1ccccc1F.Cl. The quantitative estimate of drug-likeness (QED) is 0.722. The van der Waals surface area contributed by atoms with E-state index in [-0.39, 0.29) is 29.9 Å². The van der Waals surface area contributed by atoms with Crippen LogP contribution in [0, 0.1) is 12.7 Å². The van der Waals surface area contributed by atoms with Crippen molar-refractivity contribution in [2.75, 3.05) is 18.9 Å². The van der Waals surface area contributed by atoms with E-state index in [1.807, 2.05) is 14.0 Å². The van der Waals surface area contributed by atoms with Gasteiger partial charge >= 0.3 is 0 Å². The topological polar surface area (TPSA) is 70.2 Å². The van der Waals surface area contributed by atoms with Gasteiger partial charge in [0, 0.05) is 12.6 Å². The van der Waals surface area contributed by atoms with Crippen LogP contribution in [-0.4, -0.2) is 31.4 Å². The molecule has 5 nitrogen and oxygen atoms in total. The van der Waals surface area contributed by atoms with Crippen molar-refractivity contribution in [3.05, 3.63) is 65.0 Å². The third-order valence-corrected chi connectivity index (χ3v) is 3.94. The zero-order valence-electron chi connectivity index (χ0n) is 14.9. The van der Waals surface area contributed by atoms with E-state index in [0.717, 1.165) is 5.56 Å². The van der Waals surface area contributed by atoms with Crippen molar-refractivity contribution in [3.63, 3.8) is 0 Å². The molecule has 0 saturated carbocycles. The molecule has 2 rings (SSSR count).